The SMILES string of the molecule is COc1ccc(Cl)cc1/C(O)=C1\C(=O)C(=O)N(c2nc3ccc(C)cc3[nH]2)C1c1ccc(C)o1. The molecule has 0 aliphatic carbocycles. The first-order chi connectivity index (χ1) is 16.3. The number of halogens is 1. The summed E-state index contributed by atoms with van der Waals surface area (Å²) in [6.45, 7) is 3.69. The van der Waals surface area contributed by atoms with Crippen LogP contribution in [0.25, 0.3) is 16.8 Å². The highest BCUT2D eigenvalue weighted by Crippen LogP contribution is 2.43. The first-order valence-corrected chi connectivity index (χ1v) is 10.8. The van der Waals surface area contributed by atoms with Crippen molar-refractivity contribution in [2.45, 2.75) is 19.9 Å². The summed E-state index contributed by atoms with van der Waals surface area (Å²) in [6.07, 6.45) is 0. The minimum atomic E-state index is -1.06. The number of hydrogen-bond acceptors (Lipinski definition) is 6. The zero-order valence-corrected chi connectivity index (χ0v) is 19.3. The number of imidazole rings is 1. The first-order valence-electron chi connectivity index (χ1n) is 10.5. The van der Waals surface area contributed by atoms with Crippen molar-refractivity contribution in [3.05, 3.63) is 81.8 Å². The molecule has 1 aliphatic heterocycles. The number of benzene rings is 2. The van der Waals surface area contributed by atoms with E-state index in [9.17, 15) is 14.7 Å². The van der Waals surface area contributed by atoms with Crippen LogP contribution in [-0.4, -0.2) is 33.9 Å². The van der Waals surface area contributed by atoms with E-state index in [-0.39, 0.29) is 17.1 Å². The van der Waals surface area contributed by atoms with E-state index >= 15 is 0 Å². The number of aliphatic hydroxyl groups excluding tert-OH is 1. The van der Waals surface area contributed by atoms with Crippen LogP contribution in [0.2, 0.25) is 5.02 Å². The maximum absolute atomic E-state index is 13.3. The summed E-state index contributed by atoms with van der Waals surface area (Å²) in [5, 5.41) is 11.6. The van der Waals surface area contributed by atoms with E-state index < -0.39 is 23.5 Å². The van der Waals surface area contributed by atoms with Crippen molar-refractivity contribution >= 4 is 46.0 Å². The van der Waals surface area contributed by atoms with Gasteiger partial charge in [0, 0.05) is 5.02 Å². The number of aryl methyl sites for hydroxylation is 2. The first kappa shape index (κ1) is 21.8. The van der Waals surface area contributed by atoms with Gasteiger partial charge in [-0.05, 0) is 61.9 Å². The van der Waals surface area contributed by atoms with Gasteiger partial charge >= 0.3 is 5.91 Å². The second-order valence-electron chi connectivity index (χ2n) is 8.04. The molecule has 0 radical (unpaired) electrons. The predicted octanol–water partition coefficient (Wildman–Crippen LogP) is 5.06. The molecule has 1 atom stereocenters. The van der Waals surface area contributed by atoms with Crippen LogP contribution in [0.15, 0.2) is 58.5 Å². The van der Waals surface area contributed by atoms with E-state index in [2.05, 4.69) is 9.97 Å². The van der Waals surface area contributed by atoms with E-state index in [1.54, 1.807) is 31.2 Å². The number of aliphatic hydroxyl groups is 1. The number of Topliss-reactive ketones (excluding diaryl/α,β-unsaturated/α-hetero) is 1. The maximum atomic E-state index is 13.3. The molecule has 1 unspecified atom stereocenters. The molecule has 0 spiro atoms. The number of H-pyrrole nitrogens is 1. The van der Waals surface area contributed by atoms with Crippen molar-refractivity contribution in [2.75, 3.05) is 12.0 Å². The van der Waals surface area contributed by atoms with E-state index in [0.29, 0.717) is 33.3 Å². The molecule has 2 N–H and O–H groups in total. The lowest BCUT2D eigenvalue weighted by Crippen LogP contribution is -2.30. The molecule has 4 aromatic rings. The zero-order valence-electron chi connectivity index (χ0n) is 18.5. The molecule has 2 aromatic carbocycles. The number of carbonyl (C=O) groups excluding carboxylic acids is 2. The molecular formula is C25H20ClN3O5. The van der Waals surface area contributed by atoms with Crippen LogP contribution < -0.4 is 9.64 Å². The molecule has 5 rings (SSSR count). The number of aromatic nitrogens is 2. The topological polar surface area (TPSA) is 109 Å². The molecule has 34 heavy (non-hydrogen) atoms. The highest BCUT2D eigenvalue weighted by molar-refractivity contribution is 6.51. The van der Waals surface area contributed by atoms with Gasteiger partial charge in [0.15, 0.2) is 0 Å². The third-order valence-corrected chi connectivity index (χ3v) is 5.98. The summed E-state index contributed by atoms with van der Waals surface area (Å²) in [6, 6.07) is 12.6. The number of ether oxygens (including phenoxy) is 1. The Hall–Kier alpha value is -4.04. The van der Waals surface area contributed by atoms with Crippen LogP contribution in [0.4, 0.5) is 5.95 Å². The van der Waals surface area contributed by atoms with Gasteiger partial charge in [0.1, 0.15) is 29.1 Å². The molecule has 8 nitrogen and oxygen atoms in total. The van der Waals surface area contributed by atoms with Crippen molar-refractivity contribution in [2.24, 2.45) is 0 Å². The van der Waals surface area contributed by atoms with Crippen LogP contribution >= 0.6 is 11.6 Å². The second kappa shape index (κ2) is 8.07. The summed E-state index contributed by atoms with van der Waals surface area (Å²) >= 11 is 6.14. The molecule has 2 aromatic heterocycles. The Labute approximate surface area is 199 Å². The fourth-order valence-electron chi connectivity index (χ4n) is 4.15. The minimum absolute atomic E-state index is 0.156. The number of methoxy groups -OCH3 is 1. The van der Waals surface area contributed by atoms with Gasteiger partial charge in [-0.25, -0.2) is 4.98 Å². The molecule has 9 heteroatoms. The Kier molecular flexibility index (Phi) is 5.17. The normalized spacial score (nSPS) is 17.6. The Balaban J connectivity index is 1.75. The maximum Gasteiger partial charge on any atom is 0.302 e. The number of fused-ring (bicyclic) bond motifs is 1. The summed E-state index contributed by atoms with van der Waals surface area (Å²) < 4.78 is 11.2. The van der Waals surface area contributed by atoms with Gasteiger partial charge < -0.3 is 19.2 Å². The zero-order chi connectivity index (χ0) is 24.1. The van der Waals surface area contributed by atoms with Crippen LogP contribution in [0, 0.1) is 13.8 Å². The molecule has 1 saturated heterocycles. The fourth-order valence-corrected chi connectivity index (χ4v) is 4.33. The number of furan rings is 1. The van der Waals surface area contributed by atoms with E-state index in [4.69, 9.17) is 20.8 Å². The van der Waals surface area contributed by atoms with Gasteiger partial charge in [0.2, 0.25) is 5.95 Å². The van der Waals surface area contributed by atoms with Gasteiger partial charge in [-0.3, -0.25) is 14.5 Å². The fraction of sp³-hybridized carbons (Fsp3) is 0.160. The second-order valence-corrected chi connectivity index (χ2v) is 8.48. The molecule has 172 valence electrons. The number of amides is 1. The van der Waals surface area contributed by atoms with Crippen molar-refractivity contribution in [1.29, 1.82) is 0 Å². The van der Waals surface area contributed by atoms with Gasteiger partial charge in [-0.2, -0.15) is 0 Å². The van der Waals surface area contributed by atoms with Gasteiger partial charge in [0.05, 0.1) is 29.3 Å². The summed E-state index contributed by atoms with van der Waals surface area (Å²) in [5.41, 5.74) is 2.38. The predicted molar refractivity (Wildman–Crippen MR) is 127 cm³/mol. The number of ketones is 1. The van der Waals surface area contributed by atoms with Gasteiger partial charge in [-0.15, -0.1) is 0 Å². The summed E-state index contributed by atoms with van der Waals surface area (Å²) in [7, 11) is 1.43. The highest BCUT2D eigenvalue weighted by atomic mass is 35.5. The van der Waals surface area contributed by atoms with Crippen molar-refractivity contribution in [1.82, 2.24) is 9.97 Å². The monoisotopic (exact) mass is 477 g/mol. The van der Waals surface area contributed by atoms with Crippen LogP contribution in [0.1, 0.15) is 28.7 Å². The van der Waals surface area contributed by atoms with Gasteiger partial charge in [-0.1, -0.05) is 17.7 Å². The molecule has 1 aliphatic rings. The highest BCUT2D eigenvalue weighted by Gasteiger charge is 2.49. The van der Waals surface area contributed by atoms with Crippen molar-refractivity contribution in [3.8, 4) is 5.75 Å². The number of aromatic amines is 1. The Morgan fingerprint density at radius 2 is 1.94 bits per heavy atom. The van der Waals surface area contributed by atoms with E-state index in [1.165, 1.54) is 18.1 Å². The lowest BCUT2D eigenvalue weighted by molar-refractivity contribution is -0.132. The number of anilines is 1. The number of nitrogens with zero attached hydrogens (tertiary/aromatic N) is 2. The minimum Gasteiger partial charge on any atom is -0.507 e. The lowest BCUT2D eigenvalue weighted by Gasteiger charge is -2.21. The van der Waals surface area contributed by atoms with Crippen LogP contribution in [-0.2, 0) is 9.59 Å². The summed E-state index contributed by atoms with van der Waals surface area (Å²) in [5.74, 6) is -0.809. The Morgan fingerprint density at radius 1 is 1.15 bits per heavy atom. The van der Waals surface area contributed by atoms with Crippen LogP contribution in [0.5, 0.6) is 5.75 Å². The number of hydrogen-bond donors (Lipinski definition) is 2. The van der Waals surface area contributed by atoms with Crippen molar-refractivity contribution < 1.29 is 23.8 Å². The third kappa shape index (κ3) is 3.43. The number of rotatable bonds is 4. The number of carbonyl (C=O) groups is 2. The lowest BCUT2D eigenvalue weighted by atomic mass is 9.99. The quantitative estimate of drug-likeness (QED) is 0.241. The molecular weight excluding hydrogens is 458 g/mol. The average molecular weight is 478 g/mol. The average Bonchev–Trinajstić information content (AvgIpc) is 3.49. The summed E-state index contributed by atoms with van der Waals surface area (Å²) in [4.78, 5) is 35.4. The van der Waals surface area contributed by atoms with E-state index in [0.717, 1.165) is 5.56 Å². The number of nitrogens with one attached hydrogen (secondary N) is 1. The molecule has 1 amide bonds. The standard InChI is InChI=1S/C25H20ClN3O5/c1-12-4-7-16-17(10-12)28-25(27-16)29-21(19-8-5-13(2)34-19)20(23(31)24(29)32)22(30)15-11-14(26)6-9-18(15)33-3/h4-11,21,30H,1-3H3,(H,27,28)/b22-20+. The Bertz CT molecular complexity index is 1500. The van der Waals surface area contributed by atoms with Gasteiger partial charge in [0.25, 0.3) is 5.78 Å². The Morgan fingerprint density at radius 3 is 2.65 bits per heavy atom. The van der Waals surface area contributed by atoms with Crippen molar-refractivity contribution in [3.63, 3.8) is 0 Å². The molecule has 0 bridgehead atoms. The largest absolute Gasteiger partial charge is 0.507 e. The molecule has 1 fully saturated rings. The third-order valence-electron chi connectivity index (χ3n) is 5.74. The van der Waals surface area contributed by atoms with E-state index in [1.807, 2.05) is 25.1 Å². The molecule has 0 saturated carbocycles. The smallest absolute Gasteiger partial charge is 0.302 e. The molecule has 3 heterocycles. The van der Waals surface area contributed by atoms with Crippen LogP contribution in [0.3, 0.4) is 0 Å².